The van der Waals surface area contributed by atoms with Crippen LogP contribution in [0.1, 0.15) is 49.7 Å². The molecule has 3 saturated heterocycles. The molecule has 9 heteroatoms. The van der Waals surface area contributed by atoms with Crippen molar-refractivity contribution in [1.29, 1.82) is 0 Å². The topological polar surface area (TPSA) is 102 Å². The Morgan fingerprint density at radius 1 is 1.11 bits per heavy atom. The van der Waals surface area contributed by atoms with E-state index in [-0.39, 0.29) is 29.7 Å². The van der Waals surface area contributed by atoms with Gasteiger partial charge in [0.2, 0.25) is 11.8 Å². The summed E-state index contributed by atoms with van der Waals surface area (Å²) in [6.45, 7) is 2.85. The number of nitrogens with one attached hydrogen (secondary N) is 2. The van der Waals surface area contributed by atoms with Gasteiger partial charge in [0.05, 0.1) is 12.1 Å². The maximum Gasteiger partial charge on any atom is 0.253 e. The minimum Gasteiger partial charge on any atom is -0.356 e. The summed E-state index contributed by atoms with van der Waals surface area (Å²) in [5, 5.41) is 9.90. The lowest BCUT2D eigenvalue weighted by Gasteiger charge is -2.38. The lowest BCUT2D eigenvalue weighted by Crippen LogP contribution is -2.57. The van der Waals surface area contributed by atoms with Crippen LogP contribution in [0.2, 0.25) is 0 Å². The normalized spacial score (nSPS) is 28.2. The molecule has 1 aromatic carbocycles. The maximum absolute atomic E-state index is 14.3. The van der Waals surface area contributed by atoms with E-state index in [9.17, 15) is 14.4 Å². The summed E-state index contributed by atoms with van der Waals surface area (Å²) in [4.78, 5) is 47.1. The molecule has 9 nitrogen and oxygen atoms in total. The smallest absolute Gasteiger partial charge is 0.253 e. The average molecular weight is 491 g/mol. The number of anilines is 1. The van der Waals surface area contributed by atoms with Gasteiger partial charge >= 0.3 is 0 Å². The fourth-order valence-electron chi connectivity index (χ4n) is 6.99. The van der Waals surface area contributed by atoms with Crippen molar-refractivity contribution >= 4 is 23.4 Å². The first kappa shape index (κ1) is 23.2. The molecule has 1 aromatic heterocycles. The van der Waals surface area contributed by atoms with Crippen LogP contribution in [-0.4, -0.2) is 76.5 Å². The van der Waals surface area contributed by atoms with E-state index in [1.54, 1.807) is 6.20 Å². The van der Waals surface area contributed by atoms with Crippen molar-refractivity contribution in [1.82, 2.24) is 25.3 Å². The van der Waals surface area contributed by atoms with Gasteiger partial charge in [-0.15, -0.1) is 0 Å². The first-order valence-corrected chi connectivity index (χ1v) is 13.3. The number of carbonyl (C=O) groups excluding carboxylic acids is 3. The number of H-pyrrole nitrogens is 1. The molecular formula is C27H34N6O3. The van der Waals surface area contributed by atoms with E-state index < -0.39 is 5.54 Å². The first-order chi connectivity index (χ1) is 17.6. The Kier molecular flexibility index (Phi) is 6.03. The zero-order valence-corrected chi connectivity index (χ0v) is 20.6. The van der Waals surface area contributed by atoms with Crippen molar-refractivity contribution < 1.29 is 14.4 Å². The lowest BCUT2D eigenvalue weighted by molar-refractivity contribution is -0.139. The lowest BCUT2D eigenvalue weighted by atomic mass is 9.78. The van der Waals surface area contributed by atoms with E-state index in [1.807, 2.05) is 40.3 Å². The summed E-state index contributed by atoms with van der Waals surface area (Å²) in [5.41, 5.74) is 2.01. The Balaban J connectivity index is 1.27. The average Bonchev–Trinajstić information content (AvgIpc) is 3.65. The third-order valence-corrected chi connectivity index (χ3v) is 8.60. The van der Waals surface area contributed by atoms with Gasteiger partial charge in [-0.1, -0.05) is 18.2 Å². The Hall–Kier alpha value is -3.20. The minimum absolute atomic E-state index is 0.00109. The van der Waals surface area contributed by atoms with Gasteiger partial charge in [-0.2, -0.15) is 5.10 Å². The van der Waals surface area contributed by atoms with E-state index in [2.05, 4.69) is 20.4 Å². The van der Waals surface area contributed by atoms with Crippen LogP contribution < -0.4 is 10.2 Å². The molecule has 0 radical (unpaired) electrons. The van der Waals surface area contributed by atoms with Gasteiger partial charge < -0.3 is 15.1 Å². The number of aryl methyl sites for hydroxylation is 1. The van der Waals surface area contributed by atoms with Gasteiger partial charge in [-0.05, 0) is 56.7 Å². The standard InChI is InChI=1S/C27H34N6O3/c34-24(10-3-6-19-17-29-30-18-19)31-12-5-11-28-25(35)22-16-20-7-4-13-33(20)27(22)21-8-1-2-9-23(21)32(15-14-31)26(27)36/h1-2,8-9,17-18,20,22H,3-7,10-16H2,(H,28,35)(H,29,30)/t20-,22-,27+/m0/s1. The molecule has 190 valence electrons. The number of rotatable bonds is 4. The second-order valence-corrected chi connectivity index (χ2v) is 10.5. The highest BCUT2D eigenvalue weighted by atomic mass is 16.2. The largest absolute Gasteiger partial charge is 0.356 e. The third-order valence-electron chi connectivity index (χ3n) is 8.60. The number of para-hydroxylation sites is 1. The van der Waals surface area contributed by atoms with E-state index in [1.165, 1.54) is 0 Å². The number of nitrogens with zero attached hydrogens (tertiary/aromatic N) is 4. The summed E-state index contributed by atoms with van der Waals surface area (Å²) in [7, 11) is 0. The van der Waals surface area contributed by atoms with Crippen LogP contribution in [0.15, 0.2) is 36.7 Å². The summed E-state index contributed by atoms with van der Waals surface area (Å²) < 4.78 is 0. The third kappa shape index (κ3) is 3.63. The quantitative estimate of drug-likeness (QED) is 0.681. The predicted molar refractivity (Wildman–Crippen MR) is 134 cm³/mol. The number of amides is 3. The Morgan fingerprint density at radius 2 is 2.00 bits per heavy atom. The van der Waals surface area contributed by atoms with Crippen molar-refractivity contribution in [3.05, 3.63) is 47.8 Å². The molecule has 2 aromatic rings. The molecule has 2 N–H and O–H groups in total. The Labute approximate surface area is 211 Å². The van der Waals surface area contributed by atoms with E-state index in [4.69, 9.17) is 0 Å². The zero-order valence-electron chi connectivity index (χ0n) is 20.6. The molecule has 6 rings (SSSR count). The molecule has 3 amide bonds. The Morgan fingerprint density at radius 3 is 2.86 bits per heavy atom. The van der Waals surface area contributed by atoms with Crippen LogP contribution in [0.3, 0.4) is 0 Å². The van der Waals surface area contributed by atoms with Crippen LogP contribution in [0.25, 0.3) is 0 Å². The van der Waals surface area contributed by atoms with Crippen LogP contribution in [0.4, 0.5) is 5.69 Å². The molecule has 4 aliphatic heterocycles. The summed E-state index contributed by atoms with van der Waals surface area (Å²) in [5.74, 6) is -0.328. The molecule has 3 fully saturated rings. The fourth-order valence-corrected chi connectivity index (χ4v) is 6.99. The van der Waals surface area contributed by atoms with Crippen LogP contribution in [0.5, 0.6) is 0 Å². The summed E-state index contributed by atoms with van der Waals surface area (Å²) >= 11 is 0. The van der Waals surface area contributed by atoms with Gasteiger partial charge in [0.15, 0.2) is 0 Å². The molecular weight excluding hydrogens is 456 g/mol. The molecule has 4 aliphatic rings. The molecule has 5 heterocycles. The molecule has 0 unspecified atom stereocenters. The number of hydrogen-bond donors (Lipinski definition) is 2. The summed E-state index contributed by atoms with van der Waals surface area (Å²) in [6.07, 6.45) is 9.15. The van der Waals surface area contributed by atoms with Crippen molar-refractivity contribution in [2.24, 2.45) is 5.92 Å². The molecule has 2 bridgehead atoms. The molecule has 36 heavy (non-hydrogen) atoms. The van der Waals surface area contributed by atoms with Crippen molar-refractivity contribution in [2.75, 3.05) is 37.6 Å². The van der Waals surface area contributed by atoms with Gasteiger partial charge in [0, 0.05) is 56.1 Å². The number of hydrogen-bond acceptors (Lipinski definition) is 5. The van der Waals surface area contributed by atoms with Crippen LogP contribution >= 0.6 is 0 Å². The monoisotopic (exact) mass is 490 g/mol. The van der Waals surface area contributed by atoms with Crippen LogP contribution in [0, 0.1) is 5.92 Å². The zero-order chi connectivity index (χ0) is 24.7. The maximum atomic E-state index is 14.3. The van der Waals surface area contributed by atoms with Gasteiger partial charge in [0.25, 0.3) is 5.91 Å². The van der Waals surface area contributed by atoms with E-state index in [0.29, 0.717) is 39.0 Å². The van der Waals surface area contributed by atoms with Crippen LogP contribution in [-0.2, 0) is 26.3 Å². The second-order valence-electron chi connectivity index (χ2n) is 10.5. The highest BCUT2D eigenvalue weighted by Gasteiger charge is 2.67. The van der Waals surface area contributed by atoms with Gasteiger partial charge in [-0.3, -0.25) is 24.4 Å². The van der Waals surface area contributed by atoms with Gasteiger partial charge in [0.1, 0.15) is 5.54 Å². The predicted octanol–water partition coefficient (Wildman–Crippen LogP) is 1.81. The van der Waals surface area contributed by atoms with Gasteiger partial charge in [-0.25, -0.2) is 0 Å². The van der Waals surface area contributed by atoms with E-state index >= 15 is 0 Å². The highest BCUT2D eigenvalue weighted by Crippen LogP contribution is 2.56. The molecule has 3 atom stereocenters. The molecule has 0 aliphatic carbocycles. The number of benzene rings is 1. The van der Waals surface area contributed by atoms with Crippen molar-refractivity contribution in [3.8, 4) is 0 Å². The van der Waals surface area contributed by atoms with Crippen molar-refractivity contribution in [2.45, 2.75) is 56.5 Å². The SMILES string of the molecule is O=C1NCCCN(C(=O)CCCc2cn[nH]c2)CCN2C(=O)[C@@]3(c4ccccc42)[C@H]1C[C@@H]1CCCN13. The fraction of sp³-hybridized carbons (Fsp3) is 0.556. The number of aromatic nitrogens is 2. The minimum atomic E-state index is -0.930. The first-order valence-electron chi connectivity index (χ1n) is 13.3. The summed E-state index contributed by atoms with van der Waals surface area (Å²) in [6, 6.07) is 8.23. The Bertz CT molecular complexity index is 1150. The highest BCUT2D eigenvalue weighted by molar-refractivity contribution is 6.11. The molecule has 1 spiro atoms. The number of carbonyl (C=O) groups is 3. The van der Waals surface area contributed by atoms with Crippen molar-refractivity contribution in [3.63, 3.8) is 0 Å². The number of aromatic amines is 1. The van der Waals surface area contributed by atoms with E-state index in [0.717, 1.165) is 55.5 Å². The number of fused-ring (bicyclic) bond motifs is 4. The molecule has 0 saturated carbocycles. The second kappa shape index (κ2) is 9.35.